The molecule has 0 saturated carbocycles. The molecule has 2 aromatic rings. The van der Waals surface area contributed by atoms with E-state index in [1.807, 2.05) is 43.3 Å². The number of piperazine rings is 1. The summed E-state index contributed by atoms with van der Waals surface area (Å²) in [6.45, 7) is 2.04. The van der Waals surface area contributed by atoms with Crippen LogP contribution < -0.4 is 5.32 Å². The SMILES string of the molecule is C/C=C/c1ccc([C@@H]2[C@H]3CN(C(=O)Nc4ccccc4F)CC(=O)N3[C@H]2CO)cc1. The van der Waals surface area contributed by atoms with Crippen molar-refractivity contribution in [2.45, 2.75) is 24.9 Å². The summed E-state index contributed by atoms with van der Waals surface area (Å²) in [5.41, 5.74) is 2.17. The van der Waals surface area contributed by atoms with Crippen LogP contribution in [-0.4, -0.2) is 58.6 Å². The summed E-state index contributed by atoms with van der Waals surface area (Å²) in [5.74, 6) is -0.808. The van der Waals surface area contributed by atoms with Gasteiger partial charge in [0.05, 0.1) is 24.4 Å². The number of halogens is 1. The third kappa shape index (κ3) is 3.57. The lowest BCUT2D eigenvalue weighted by Crippen LogP contribution is -2.73. The van der Waals surface area contributed by atoms with Gasteiger partial charge in [-0.1, -0.05) is 48.6 Å². The van der Waals surface area contributed by atoms with Crippen molar-refractivity contribution in [2.24, 2.45) is 0 Å². The van der Waals surface area contributed by atoms with Crippen LogP contribution in [0.5, 0.6) is 0 Å². The first-order chi connectivity index (χ1) is 14.5. The molecule has 156 valence electrons. The highest BCUT2D eigenvalue weighted by Gasteiger charge is 2.54. The van der Waals surface area contributed by atoms with E-state index >= 15 is 0 Å². The van der Waals surface area contributed by atoms with Gasteiger partial charge in [-0.2, -0.15) is 0 Å². The lowest BCUT2D eigenvalue weighted by molar-refractivity contribution is -0.159. The van der Waals surface area contributed by atoms with Crippen LogP contribution in [0.3, 0.4) is 0 Å². The summed E-state index contributed by atoms with van der Waals surface area (Å²) in [6, 6.07) is 12.9. The van der Waals surface area contributed by atoms with Crippen LogP contribution >= 0.6 is 0 Å². The van der Waals surface area contributed by atoms with Gasteiger partial charge in [-0.15, -0.1) is 0 Å². The highest BCUT2D eigenvalue weighted by atomic mass is 19.1. The molecule has 0 unspecified atom stereocenters. The minimum atomic E-state index is -0.529. The Bertz CT molecular complexity index is 976. The molecule has 0 bridgehead atoms. The Labute approximate surface area is 174 Å². The quantitative estimate of drug-likeness (QED) is 0.815. The van der Waals surface area contributed by atoms with Gasteiger partial charge >= 0.3 is 6.03 Å². The van der Waals surface area contributed by atoms with Crippen LogP contribution in [0, 0.1) is 5.82 Å². The van der Waals surface area contributed by atoms with E-state index in [-0.39, 0.29) is 42.7 Å². The largest absolute Gasteiger partial charge is 0.394 e. The van der Waals surface area contributed by atoms with Gasteiger partial charge in [-0.05, 0) is 30.2 Å². The molecule has 4 rings (SSSR count). The molecule has 0 aliphatic carbocycles. The Morgan fingerprint density at radius 2 is 1.97 bits per heavy atom. The number of aliphatic hydroxyl groups excluding tert-OH is 1. The van der Waals surface area contributed by atoms with Crippen molar-refractivity contribution >= 4 is 23.7 Å². The van der Waals surface area contributed by atoms with Crippen LogP contribution in [0.15, 0.2) is 54.6 Å². The molecule has 0 aromatic heterocycles. The summed E-state index contributed by atoms with van der Waals surface area (Å²) < 4.78 is 13.9. The fraction of sp³-hybridized carbons (Fsp3) is 0.304. The maximum Gasteiger partial charge on any atom is 0.322 e. The molecular weight excluding hydrogens is 385 g/mol. The summed E-state index contributed by atoms with van der Waals surface area (Å²) in [7, 11) is 0. The number of amides is 3. The molecule has 0 spiro atoms. The van der Waals surface area contributed by atoms with Crippen molar-refractivity contribution in [3.63, 3.8) is 0 Å². The maximum absolute atomic E-state index is 13.9. The van der Waals surface area contributed by atoms with Gasteiger partial charge in [0.2, 0.25) is 5.91 Å². The first-order valence-corrected chi connectivity index (χ1v) is 9.98. The normalized spacial score (nSPS) is 23.3. The Kier molecular flexibility index (Phi) is 5.55. The number of para-hydroxylation sites is 1. The van der Waals surface area contributed by atoms with Crippen molar-refractivity contribution in [1.82, 2.24) is 9.80 Å². The Morgan fingerprint density at radius 1 is 1.23 bits per heavy atom. The number of carbonyl (C=O) groups excluding carboxylic acids is 2. The number of hydrogen-bond acceptors (Lipinski definition) is 3. The lowest BCUT2D eigenvalue weighted by Gasteiger charge is -2.58. The number of nitrogens with one attached hydrogen (secondary N) is 1. The van der Waals surface area contributed by atoms with E-state index in [2.05, 4.69) is 5.32 Å². The van der Waals surface area contributed by atoms with Crippen molar-refractivity contribution in [3.05, 3.63) is 71.6 Å². The molecule has 2 N–H and O–H groups in total. The number of aliphatic hydroxyl groups is 1. The number of nitrogens with zero attached hydrogens (tertiary/aromatic N) is 2. The first kappa shape index (κ1) is 20.1. The van der Waals surface area contributed by atoms with E-state index in [4.69, 9.17) is 0 Å². The second-order valence-corrected chi connectivity index (χ2v) is 7.60. The van der Waals surface area contributed by atoms with Crippen LogP contribution in [0.1, 0.15) is 24.0 Å². The molecule has 30 heavy (non-hydrogen) atoms. The number of benzene rings is 2. The Balaban J connectivity index is 1.52. The molecule has 2 aliphatic rings. The molecule has 2 aliphatic heterocycles. The first-order valence-electron chi connectivity index (χ1n) is 9.98. The molecular formula is C23H24FN3O3. The number of rotatable bonds is 4. The molecule has 6 nitrogen and oxygen atoms in total. The summed E-state index contributed by atoms with van der Waals surface area (Å²) in [4.78, 5) is 28.4. The molecule has 7 heteroatoms. The van der Waals surface area contributed by atoms with Gasteiger partial charge < -0.3 is 20.2 Å². The van der Waals surface area contributed by atoms with Crippen LogP contribution in [0.25, 0.3) is 6.08 Å². The second-order valence-electron chi connectivity index (χ2n) is 7.60. The predicted octanol–water partition coefficient (Wildman–Crippen LogP) is 3.06. The van der Waals surface area contributed by atoms with Crippen LogP contribution in [0.2, 0.25) is 0 Å². The number of carbonyl (C=O) groups is 2. The zero-order valence-electron chi connectivity index (χ0n) is 16.7. The molecule has 3 amide bonds. The second kappa shape index (κ2) is 8.28. The van der Waals surface area contributed by atoms with Crippen LogP contribution in [0.4, 0.5) is 14.9 Å². The fourth-order valence-electron chi connectivity index (χ4n) is 4.43. The zero-order valence-corrected chi connectivity index (χ0v) is 16.7. The Hall–Kier alpha value is -3.19. The van der Waals surface area contributed by atoms with E-state index in [1.54, 1.807) is 17.0 Å². The van der Waals surface area contributed by atoms with Gasteiger partial charge in [0.15, 0.2) is 0 Å². The van der Waals surface area contributed by atoms with Crippen LogP contribution in [-0.2, 0) is 4.79 Å². The number of hydrogen-bond donors (Lipinski definition) is 2. The average Bonchev–Trinajstić information content (AvgIpc) is 2.72. The molecule has 2 fully saturated rings. The molecule has 0 radical (unpaired) electrons. The third-order valence-electron chi connectivity index (χ3n) is 5.84. The summed E-state index contributed by atoms with van der Waals surface area (Å²) in [5, 5.41) is 12.4. The third-order valence-corrected chi connectivity index (χ3v) is 5.84. The smallest absolute Gasteiger partial charge is 0.322 e. The summed E-state index contributed by atoms with van der Waals surface area (Å²) in [6.07, 6.45) is 3.96. The van der Waals surface area contributed by atoms with Gasteiger partial charge in [-0.3, -0.25) is 4.79 Å². The van der Waals surface area contributed by atoms with Gasteiger partial charge in [0.25, 0.3) is 0 Å². The molecule has 3 atom stereocenters. The van der Waals surface area contributed by atoms with E-state index in [9.17, 15) is 19.1 Å². The minimum Gasteiger partial charge on any atom is -0.394 e. The van der Waals surface area contributed by atoms with E-state index in [1.165, 1.54) is 17.0 Å². The molecule has 2 heterocycles. The van der Waals surface area contributed by atoms with E-state index < -0.39 is 11.8 Å². The average molecular weight is 409 g/mol. The number of anilines is 1. The van der Waals surface area contributed by atoms with Crippen molar-refractivity contribution in [2.75, 3.05) is 25.0 Å². The predicted molar refractivity (Wildman–Crippen MR) is 112 cm³/mol. The maximum atomic E-state index is 13.9. The van der Waals surface area contributed by atoms with E-state index in [0.717, 1.165) is 11.1 Å². The van der Waals surface area contributed by atoms with Gasteiger partial charge in [-0.25, -0.2) is 9.18 Å². The van der Waals surface area contributed by atoms with Crippen molar-refractivity contribution in [1.29, 1.82) is 0 Å². The summed E-state index contributed by atoms with van der Waals surface area (Å²) >= 11 is 0. The number of urea groups is 1. The zero-order chi connectivity index (χ0) is 21.3. The molecule has 2 saturated heterocycles. The van der Waals surface area contributed by atoms with Gasteiger partial charge in [0, 0.05) is 12.5 Å². The highest BCUT2D eigenvalue weighted by molar-refractivity contribution is 5.94. The number of fused-ring (bicyclic) bond motifs is 1. The van der Waals surface area contributed by atoms with Gasteiger partial charge in [0.1, 0.15) is 12.4 Å². The standard InChI is InChI=1S/C23H24FN3O3/c1-2-5-15-8-10-16(11-9-15)22-19-12-26(13-21(29)27(19)20(22)14-28)23(30)25-18-7-4-3-6-17(18)24/h2-11,19-20,22,28H,12-14H2,1H3,(H,25,30)/b5-2+/t19-,20+,22-/m1/s1. The van der Waals surface area contributed by atoms with Crippen molar-refractivity contribution in [3.8, 4) is 0 Å². The monoisotopic (exact) mass is 409 g/mol. The lowest BCUT2D eigenvalue weighted by atomic mass is 9.73. The number of allylic oxidation sites excluding steroid dienone is 1. The fourth-order valence-corrected chi connectivity index (χ4v) is 4.43. The minimum absolute atomic E-state index is 0.0670. The Morgan fingerprint density at radius 3 is 2.63 bits per heavy atom. The van der Waals surface area contributed by atoms with Crippen molar-refractivity contribution < 1.29 is 19.1 Å². The highest BCUT2D eigenvalue weighted by Crippen LogP contribution is 2.43. The van der Waals surface area contributed by atoms with E-state index in [0.29, 0.717) is 6.54 Å². The topological polar surface area (TPSA) is 72.9 Å². The molecule has 2 aromatic carbocycles.